The number of aromatic nitrogens is 2. The fourth-order valence-corrected chi connectivity index (χ4v) is 2.01. The van der Waals surface area contributed by atoms with Crippen molar-refractivity contribution < 1.29 is 9.53 Å². The molecule has 9 nitrogen and oxygen atoms in total. The molecule has 6 N–H and O–H groups in total. The SMILES string of the molecule is C=C/C(=C\CC)c1nc(C/C(=N/N)NN)ncc1NC(=O)OC(C)(C)C. The number of carbonyl (C=O) groups is 1. The molecule has 0 aliphatic heterocycles. The number of rotatable bonds is 6. The van der Waals surface area contributed by atoms with Crippen LogP contribution in [-0.2, 0) is 11.2 Å². The van der Waals surface area contributed by atoms with Crippen molar-refractivity contribution in [1.29, 1.82) is 0 Å². The van der Waals surface area contributed by atoms with Crippen LogP contribution in [0, 0.1) is 0 Å². The lowest BCUT2D eigenvalue weighted by Crippen LogP contribution is -2.33. The summed E-state index contributed by atoms with van der Waals surface area (Å²) in [4.78, 5) is 20.8. The zero-order chi connectivity index (χ0) is 19.7. The highest BCUT2D eigenvalue weighted by atomic mass is 16.6. The lowest BCUT2D eigenvalue weighted by molar-refractivity contribution is 0.0635. The van der Waals surface area contributed by atoms with Crippen LogP contribution < -0.4 is 22.4 Å². The van der Waals surface area contributed by atoms with Crippen LogP contribution in [0.15, 0.2) is 30.0 Å². The number of hydrogen-bond acceptors (Lipinski definition) is 7. The fourth-order valence-electron chi connectivity index (χ4n) is 2.01. The van der Waals surface area contributed by atoms with Crippen molar-refractivity contribution in [2.24, 2.45) is 16.8 Å². The smallest absolute Gasteiger partial charge is 0.412 e. The Bertz CT molecular complexity index is 706. The van der Waals surface area contributed by atoms with Gasteiger partial charge in [0.2, 0.25) is 0 Å². The lowest BCUT2D eigenvalue weighted by atomic mass is 10.1. The van der Waals surface area contributed by atoms with E-state index in [1.807, 2.05) is 13.0 Å². The van der Waals surface area contributed by atoms with Gasteiger partial charge in [-0.05, 0) is 32.8 Å². The molecule has 1 amide bonds. The molecule has 0 aromatic carbocycles. The van der Waals surface area contributed by atoms with Crippen molar-refractivity contribution >= 4 is 23.2 Å². The standard InChI is InChI=1S/C17H27N7O2/c1-6-8-11(7-2)15-12(21-16(25)26-17(3,4)5)10-20-13(22-15)9-14(23-18)24-19/h7-8,10H,2,6,9,18-19H2,1,3-5H3,(H,21,25)(H,23,24)/b11-8+. The number of nitrogens with one attached hydrogen (secondary N) is 2. The maximum atomic E-state index is 12.1. The van der Waals surface area contributed by atoms with Crippen molar-refractivity contribution in [3.63, 3.8) is 0 Å². The number of nitrogens with zero attached hydrogens (tertiary/aromatic N) is 3. The molecule has 1 aromatic rings. The predicted molar refractivity (Wildman–Crippen MR) is 103 cm³/mol. The first-order valence-electron chi connectivity index (χ1n) is 8.16. The number of hydrazone groups is 1. The molecule has 26 heavy (non-hydrogen) atoms. The van der Waals surface area contributed by atoms with Gasteiger partial charge in [-0.1, -0.05) is 25.7 Å². The molecule has 0 saturated carbocycles. The number of carbonyl (C=O) groups excluding carboxylic acids is 1. The summed E-state index contributed by atoms with van der Waals surface area (Å²) in [5, 5.41) is 6.20. The summed E-state index contributed by atoms with van der Waals surface area (Å²) in [6.07, 6.45) is 5.49. The molecule has 1 aromatic heterocycles. The van der Waals surface area contributed by atoms with Crippen LogP contribution in [0.3, 0.4) is 0 Å². The first kappa shape index (κ1) is 21.1. The highest BCUT2D eigenvalue weighted by Gasteiger charge is 2.19. The predicted octanol–water partition coefficient (Wildman–Crippen LogP) is 2.08. The Morgan fingerprint density at radius 3 is 2.65 bits per heavy atom. The molecule has 1 rings (SSSR count). The summed E-state index contributed by atoms with van der Waals surface area (Å²) in [7, 11) is 0. The number of ether oxygens (including phenoxy) is 1. The molecule has 0 radical (unpaired) electrons. The van der Waals surface area contributed by atoms with E-state index in [1.54, 1.807) is 26.8 Å². The molecule has 0 fully saturated rings. The summed E-state index contributed by atoms with van der Waals surface area (Å²) >= 11 is 0. The van der Waals surface area contributed by atoms with Gasteiger partial charge < -0.3 is 16.0 Å². The maximum Gasteiger partial charge on any atom is 0.412 e. The number of hydrazine groups is 1. The summed E-state index contributed by atoms with van der Waals surface area (Å²) in [6.45, 7) is 11.2. The largest absolute Gasteiger partial charge is 0.444 e. The van der Waals surface area contributed by atoms with Crippen molar-refractivity contribution in [3.05, 3.63) is 36.4 Å². The number of hydrogen-bond donors (Lipinski definition) is 4. The molecule has 0 unspecified atom stereocenters. The monoisotopic (exact) mass is 361 g/mol. The van der Waals surface area contributed by atoms with Crippen LogP contribution >= 0.6 is 0 Å². The van der Waals surface area contributed by atoms with E-state index in [1.165, 1.54) is 6.20 Å². The third-order valence-electron chi connectivity index (χ3n) is 3.04. The summed E-state index contributed by atoms with van der Waals surface area (Å²) in [5.74, 6) is 11.3. The third kappa shape index (κ3) is 6.52. The van der Waals surface area contributed by atoms with Crippen LogP contribution in [0.25, 0.3) is 5.57 Å². The molecule has 1 heterocycles. The van der Waals surface area contributed by atoms with Gasteiger partial charge in [-0.2, -0.15) is 5.10 Å². The van der Waals surface area contributed by atoms with Crippen LogP contribution in [0.5, 0.6) is 0 Å². The van der Waals surface area contributed by atoms with Gasteiger partial charge in [-0.25, -0.2) is 20.6 Å². The molecule has 0 bridgehead atoms. The van der Waals surface area contributed by atoms with Crippen LogP contribution in [0.4, 0.5) is 10.5 Å². The van der Waals surface area contributed by atoms with Gasteiger partial charge in [0.15, 0.2) is 0 Å². The quantitative estimate of drug-likeness (QED) is 0.200. The van der Waals surface area contributed by atoms with Crippen LogP contribution in [0.1, 0.15) is 45.6 Å². The highest BCUT2D eigenvalue weighted by molar-refractivity contribution is 5.90. The van der Waals surface area contributed by atoms with Gasteiger partial charge in [-0.15, -0.1) is 0 Å². The van der Waals surface area contributed by atoms with E-state index in [-0.39, 0.29) is 6.42 Å². The molecule has 0 aliphatic carbocycles. The Morgan fingerprint density at radius 1 is 1.46 bits per heavy atom. The third-order valence-corrected chi connectivity index (χ3v) is 3.04. The van der Waals surface area contributed by atoms with Crippen molar-refractivity contribution in [3.8, 4) is 0 Å². The lowest BCUT2D eigenvalue weighted by Gasteiger charge is -2.20. The molecule has 9 heteroatoms. The normalized spacial score (nSPS) is 12.5. The first-order chi connectivity index (χ1) is 12.2. The summed E-state index contributed by atoms with van der Waals surface area (Å²) in [6, 6.07) is 0. The second-order valence-corrected chi connectivity index (χ2v) is 6.34. The van der Waals surface area contributed by atoms with Gasteiger partial charge in [0.25, 0.3) is 0 Å². The Balaban J connectivity index is 3.25. The molecule has 0 atom stereocenters. The number of amides is 1. The van der Waals surface area contributed by atoms with Gasteiger partial charge in [0.05, 0.1) is 24.0 Å². The second kappa shape index (κ2) is 9.52. The fraction of sp³-hybridized carbons (Fsp3) is 0.412. The zero-order valence-corrected chi connectivity index (χ0v) is 15.7. The highest BCUT2D eigenvalue weighted by Crippen LogP contribution is 2.23. The Morgan fingerprint density at radius 2 is 2.15 bits per heavy atom. The Hall–Kier alpha value is -2.94. The van der Waals surface area contributed by atoms with Crippen LogP contribution in [-0.4, -0.2) is 27.5 Å². The van der Waals surface area contributed by atoms with Crippen LogP contribution in [0.2, 0.25) is 0 Å². The Kier molecular flexibility index (Phi) is 7.73. The summed E-state index contributed by atoms with van der Waals surface area (Å²) in [5.41, 5.74) is 3.45. The minimum absolute atomic E-state index is 0.212. The minimum Gasteiger partial charge on any atom is -0.444 e. The van der Waals surface area contributed by atoms with E-state index in [9.17, 15) is 4.79 Å². The van der Waals surface area contributed by atoms with E-state index in [0.717, 1.165) is 12.0 Å². The van der Waals surface area contributed by atoms with Gasteiger partial charge in [-0.3, -0.25) is 5.32 Å². The topological polar surface area (TPSA) is 141 Å². The number of amidine groups is 1. The van der Waals surface area contributed by atoms with Crippen molar-refractivity contribution in [2.75, 3.05) is 5.32 Å². The molecular formula is C17H27N7O2. The van der Waals surface area contributed by atoms with Gasteiger partial charge in [0, 0.05) is 0 Å². The summed E-state index contributed by atoms with van der Waals surface area (Å²) < 4.78 is 5.29. The van der Waals surface area contributed by atoms with Gasteiger partial charge >= 0.3 is 6.09 Å². The van der Waals surface area contributed by atoms with E-state index in [4.69, 9.17) is 16.4 Å². The average molecular weight is 361 g/mol. The maximum absolute atomic E-state index is 12.1. The van der Waals surface area contributed by atoms with E-state index < -0.39 is 11.7 Å². The molecule has 0 saturated heterocycles. The number of allylic oxidation sites excluding steroid dienone is 3. The number of nitrogens with two attached hydrogens (primary N) is 2. The Labute approximate surface area is 153 Å². The van der Waals surface area contributed by atoms with E-state index in [2.05, 4.69) is 32.4 Å². The molecule has 0 aliphatic rings. The average Bonchev–Trinajstić information content (AvgIpc) is 2.57. The second-order valence-electron chi connectivity index (χ2n) is 6.34. The number of anilines is 1. The van der Waals surface area contributed by atoms with E-state index in [0.29, 0.717) is 23.0 Å². The minimum atomic E-state index is -0.620. The van der Waals surface area contributed by atoms with Crippen molar-refractivity contribution in [1.82, 2.24) is 15.4 Å². The first-order valence-corrected chi connectivity index (χ1v) is 8.16. The van der Waals surface area contributed by atoms with Crippen molar-refractivity contribution in [2.45, 2.75) is 46.1 Å². The molecule has 0 spiro atoms. The van der Waals surface area contributed by atoms with E-state index >= 15 is 0 Å². The van der Waals surface area contributed by atoms with Gasteiger partial charge in [0.1, 0.15) is 17.3 Å². The zero-order valence-electron chi connectivity index (χ0n) is 15.7. The molecular weight excluding hydrogens is 334 g/mol. The molecule has 142 valence electrons.